The van der Waals surface area contributed by atoms with E-state index in [9.17, 15) is 8.42 Å². The first kappa shape index (κ1) is 12.0. The number of sulfonamides is 1. The van der Waals surface area contributed by atoms with E-state index in [-0.39, 0.29) is 12.3 Å². The lowest BCUT2D eigenvalue weighted by Crippen LogP contribution is -2.25. The lowest BCUT2D eigenvalue weighted by molar-refractivity contribution is 0.585. The monoisotopic (exact) mass is 244 g/mol. The van der Waals surface area contributed by atoms with E-state index in [4.69, 9.17) is 16.9 Å². The summed E-state index contributed by atoms with van der Waals surface area (Å²) in [5.74, 6) is -0.147. The minimum absolute atomic E-state index is 0.147. The minimum atomic E-state index is -3.43. The van der Waals surface area contributed by atoms with Crippen molar-refractivity contribution in [2.24, 2.45) is 0 Å². The van der Waals surface area contributed by atoms with E-state index in [0.717, 1.165) is 0 Å². The summed E-state index contributed by atoms with van der Waals surface area (Å²) in [6.45, 7) is -0.212. The van der Waals surface area contributed by atoms with Crippen molar-refractivity contribution in [3.05, 3.63) is 34.9 Å². The normalized spacial score (nSPS) is 10.9. The molecule has 4 nitrogen and oxygen atoms in total. The Hall–Kier alpha value is -1.09. The first-order valence-corrected chi connectivity index (χ1v) is 6.15. The molecule has 1 rings (SSSR count). The fourth-order valence-electron chi connectivity index (χ4n) is 0.993. The lowest BCUT2D eigenvalue weighted by atomic mass is 10.2. The third kappa shape index (κ3) is 4.30. The van der Waals surface area contributed by atoms with E-state index >= 15 is 0 Å². The summed E-state index contributed by atoms with van der Waals surface area (Å²) in [5, 5.41) is 8.79. The average molecular weight is 245 g/mol. The largest absolute Gasteiger partial charge is 0.216 e. The van der Waals surface area contributed by atoms with Crippen molar-refractivity contribution in [1.82, 2.24) is 4.72 Å². The predicted molar refractivity (Wildman–Crippen MR) is 57.7 cm³/mol. The van der Waals surface area contributed by atoms with E-state index in [0.29, 0.717) is 10.6 Å². The number of nitrogens with zero attached hydrogens (tertiary/aromatic N) is 1. The highest BCUT2D eigenvalue weighted by Crippen LogP contribution is 2.11. The van der Waals surface area contributed by atoms with Crippen molar-refractivity contribution in [3.63, 3.8) is 0 Å². The molecule has 0 aromatic heterocycles. The maximum Gasteiger partial charge on any atom is 0.216 e. The Morgan fingerprint density at radius 1 is 1.33 bits per heavy atom. The van der Waals surface area contributed by atoms with Gasteiger partial charge in [0.05, 0.1) is 18.4 Å². The van der Waals surface area contributed by atoms with Gasteiger partial charge in [0.15, 0.2) is 0 Å². The minimum Gasteiger partial charge on any atom is -0.212 e. The van der Waals surface area contributed by atoms with E-state index in [1.807, 2.05) is 0 Å². The molecule has 0 fully saturated rings. The summed E-state index contributed by atoms with van der Waals surface area (Å²) >= 11 is 5.66. The van der Waals surface area contributed by atoms with Gasteiger partial charge in [-0.1, -0.05) is 23.7 Å². The van der Waals surface area contributed by atoms with Crippen LogP contribution in [0.15, 0.2) is 24.3 Å². The molecule has 80 valence electrons. The van der Waals surface area contributed by atoms with Crippen LogP contribution in [0, 0.1) is 11.3 Å². The molecule has 0 atom stereocenters. The standard InChI is InChI=1S/C9H9ClN2O2S/c10-9-3-1-8(2-4-9)7-15(13,14)12-6-5-11/h1-4,12H,6-7H2. The van der Waals surface area contributed by atoms with Crippen LogP contribution in [0.25, 0.3) is 0 Å². The van der Waals surface area contributed by atoms with Gasteiger partial charge < -0.3 is 0 Å². The Kier molecular flexibility index (Phi) is 4.09. The van der Waals surface area contributed by atoms with Crippen LogP contribution in [0.5, 0.6) is 0 Å². The third-order valence-corrected chi connectivity index (χ3v) is 3.19. The van der Waals surface area contributed by atoms with Crippen LogP contribution in [-0.4, -0.2) is 15.0 Å². The molecule has 15 heavy (non-hydrogen) atoms. The molecule has 0 spiro atoms. The highest BCUT2D eigenvalue weighted by atomic mass is 35.5. The number of benzene rings is 1. The van der Waals surface area contributed by atoms with Crippen molar-refractivity contribution < 1.29 is 8.42 Å². The molecule has 0 bridgehead atoms. The molecular weight excluding hydrogens is 236 g/mol. The molecule has 1 aromatic rings. The molecule has 0 amide bonds. The van der Waals surface area contributed by atoms with Crippen molar-refractivity contribution in [1.29, 1.82) is 5.26 Å². The second-order valence-corrected chi connectivity index (χ2v) is 5.11. The average Bonchev–Trinajstić information content (AvgIpc) is 2.18. The van der Waals surface area contributed by atoms with Gasteiger partial charge in [0.2, 0.25) is 10.0 Å². The molecule has 1 N–H and O–H groups in total. The molecule has 0 aliphatic rings. The molecule has 6 heteroatoms. The Bertz CT molecular complexity index is 462. The van der Waals surface area contributed by atoms with Gasteiger partial charge in [-0.2, -0.15) is 5.26 Å². The number of hydrogen-bond acceptors (Lipinski definition) is 3. The molecule has 0 heterocycles. The highest BCUT2D eigenvalue weighted by Gasteiger charge is 2.10. The first-order valence-electron chi connectivity index (χ1n) is 4.12. The quantitative estimate of drug-likeness (QED) is 0.812. The molecule has 0 aliphatic carbocycles. The maximum absolute atomic E-state index is 11.3. The molecule has 0 saturated carbocycles. The van der Waals surface area contributed by atoms with Crippen molar-refractivity contribution in [3.8, 4) is 6.07 Å². The molecule has 1 aromatic carbocycles. The van der Waals surface area contributed by atoms with Gasteiger partial charge in [-0.15, -0.1) is 0 Å². The van der Waals surface area contributed by atoms with Gasteiger partial charge in [-0.25, -0.2) is 13.1 Å². The first-order chi connectivity index (χ1) is 7.03. The van der Waals surface area contributed by atoms with Gasteiger partial charge in [-0.3, -0.25) is 0 Å². The zero-order chi connectivity index (χ0) is 11.3. The predicted octanol–water partition coefficient (Wildman–Crippen LogP) is 1.28. The van der Waals surface area contributed by atoms with E-state index in [1.165, 1.54) is 0 Å². The molecule has 0 unspecified atom stereocenters. The Balaban J connectivity index is 2.70. The van der Waals surface area contributed by atoms with E-state index in [1.54, 1.807) is 30.3 Å². The third-order valence-electron chi connectivity index (χ3n) is 1.64. The maximum atomic E-state index is 11.3. The van der Waals surface area contributed by atoms with Gasteiger partial charge in [0.1, 0.15) is 0 Å². The number of rotatable bonds is 4. The van der Waals surface area contributed by atoms with Crippen LogP contribution in [-0.2, 0) is 15.8 Å². The Labute approximate surface area is 93.5 Å². The number of halogens is 1. The number of hydrogen-bond donors (Lipinski definition) is 1. The summed E-state index contributed by atoms with van der Waals surface area (Å²) in [6.07, 6.45) is 0. The van der Waals surface area contributed by atoms with Crippen LogP contribution >= 0.6 is 11.6 Å². The van der Waals surface area contributed by atoms with Gasteiger partial charge in [0, 0.05) is 5.02 Å². The second kappa shape index (κ2) is 5.12. The van der Waals surface area contributed by atoms with E-state index in [2.05, 4.69) is 4.72 Å². The second-order valence-electron chi connectivity index (χ2n) is 2.86. The Morgan fingerprint density at radius 2 is 1.93 bits per heavy atom. The summed E-state index contributed by atoms with van der Waals surface area (Å²) in [6, 6.07) is 8.22. The Morgan fingerprint density at radius 3 is 2.47 bits per heavy atom. The smallest absolute Gasteiger partial charge is 0.212 e. The fraction of sp³-hybridized carbons (Fsp3) is 0.222. The van der Waals surface area contributed by atoms with Crippen molar-refractivity contribution >= 4 is 21.6 Å². The SMILES string of the molecule is N#CCNS(=O)(=O)Cc1ccc(Cl)cc1. The summed E-state index contributed by atoms with van der Waals surface area (Å²) in [7, 11) is -3.43. The van der Waals surface area contributed by atoms with Gasteiger partial charge >= 0.3 is 0 Å². The fourth-order valence-corrected chi connectivity index (χ4v) is 2.14. The number of nitriles is 1. The van der Waals surface area contributed by atoms with Gasteiger partial charge in [-0.05, 0) is 17.7 Å². The molecule has 0 aliphatic heterocycles. The summed E-state index contributed by atoms with van der Waals surface area (Å²) < 4.78 is 24.8. The van der Waals surface area contributed by atoms with Crippen LogP contribution < -0.4 is 4.72 Å². The highest BCUT2D eigenvalue weighted by molar-refractivity contribution is 7.88. The topological polar surface area (TPSA) is 70.0 Å². The van der Waals surface area contributed by atoms with Crippen molar-refractivity contribution in [2.45, 2.75) is 5.75 Å². The summed E-state index contributed by atoms with van der Waals surface area (Å²) in [5.41, 5.74) is 0.629. The van der Waals surface area contributed by atoms with Crippen LogP contribution in [0.2, 0.25) is 5.02 Å². The molecule has 0 radical (unpaired) electrons. The van der Waals surface area contributed by atoms with E-state index < -0.39 is 10.0 Å². The lowest BCUT2D eigenvalue weighted by Gasteiger charge is -2.03. The summed E-state index contributed by atoms with van der Waals surface area (Å²) in [4.78, 5) is 0. The zero-order valence-electron chi connectivity index (χ0n) is 7.77. The molecular formula is C9H9ClN2O2S. The van der Waals surface area contributed by atoms with Crippen LogP contribution in [0.4, 0.5) is 0 Å². The number of nitrogens with one attached hydrogen (secondary N) is 1. The zero-order valence-corrected chi connectivity index (χ0v) is 9.35. The molecule has 0 saturated heterocycles. The van der Waals surface area contributed by atoms with Crippen LogP contribution in [0.3, 0.4) is 0 Å². The van der Waals surface area contributed by atoms with Crippen molar-refractivity contribution in [2.75, 3.05) is 6.54 Å². The van der Waals surface area contributed by atoms with Gasteiger partial charge in [0.25, 0.3) is 0 Å². The van der Waals surface area contributed by atoms with Crippen LogP contribution in [0.1, 0.15) is 5.56 Å².